The number of hydrogen-bond donors (Lipinski definition) is 0. The summed E-state index contributed by atoms with van der Waals surface area (Å²) in [5.41, 5.74) is 2.44. The van der Waals surface area contributed by atoms with Gasteiger partial charge >= 0.3 is 0 Å². The zero-order valence-corrected chi connectivity index (χ0v) is 12.8. The summed E-state index contributed by atoms with van der Waals surface area (Å²) in [5, 5.41) is 9.56. The topological polar surface area (TPSA) is 30.3 Å². The van der Waals surface area contributed by atoms with Crippen molar-refractivity contribution in [1.82, 2.24) is 9.80 Å². The number of nitrogens with zero attached hydrogens (tertiary/aromatic N) is 3. The second kappa shape index (κ2) is 6.88. The van der Waals surface area contributed by atoms with Crippen LogP contribution in [0.25, 0.3) is 0 Å². The lowest BCUT2D eigenvalue weighted by Crippen LogP contribution is -2.43. The van der Waals surface area contributed by atoms with E-state index in [9.17, 15) is 5.26 Å². The first-order valence-corrected chi connectivity index (χ1v) is 7.54. The maximum Gasteiger partial charge on any atom is 0.123 e. The quantitative estimate of drug-likeness (QED) is 0.843. The minimum atomic E-state index is -0.130. The van der Waals surface area contributed by atoms with Crippen molar-refractivity contribution in [3.63, 3.8) is 0 Å². The smallest absolute Gasteiger partial charge is 0.123 e. The number of benzene rings is 1. The first kappa shape index (κ1) is 15.0. The van der Waals surface area contributed by atoms with Crippen LogP contribution in [0.4, 0.5) is 0 Å². The molecule has 20 heavy (non-hydrogen) atoms. The van der Waals surface area contributed by atoms with E-state index in [0.717, 1.165) is 37.9 Å². The highest BCUT2D eigenvalue weighted by atomic mass is 15.2. The molecule has 1 unspecified atom stereocenters. The van der Waals surface area contributed by atoms with Crippen LogP contribution in [0.2, 0.25) is 0 Å². The summed E-state index contributed by atoms with van der Waals surface area (Å²) in [6.07, 6.45) is 3.35. The molecule has 108 valence electrons. The highest BCUT2D eigenvalue weighted by Gasteiger charge is 2.26. The number of hydrogen-bond acceptors (Lipinski definition) is 3. The van der Waals surface area contributed by atoms with Crippen molar-refractivity contribution in [2.45, 2.75) is 38.3 Å². The van der Waals surface area contributed by atoms with E-state index in [2.05, 4.69) is 61.2 Å². The van der Waals surface area contributed by atoms with Crippen molar-refractivity contribution in [1.29, 1.82) is 5.26 Å². The van der Waals surface area contributed by atoms with E-state index in [1.54, 1.807) is 0 Å². The van der Waals surface area contributed by atoms with Crippen molar-refractivity contribution in [2.24, 2.45) is 0 Å². The van der Waals surface area contributed by atoms with Crippen LogP contribution >= 0.6 is 0 Å². The second-order valence-corrected chi connectivity index (χ2v) is 5.83. The number of piperidine rings is 1. The summed E-state index contributed by atoms with van der Waals surface area (Å²) in [5.74, 6) is 0. The van der Waals surface area contributed by atoms with Crippen LogP contribution in [-0.4, -0.2) is 43.0 Å². The highest BCUT2D eigenvalue weighted by molar-refractivity contribution is 5.28. The van der Waals surface area contributed by atoms with Gasteiger partial charge in [-0.25, -0.2) is 0 Å². The Kier molecular flexibility index (Phi) is 5.17. The third-order valence-electron chi connectivity index (χ3n) is 4.50. The minimum Gasteiger partial charge on any atom is -0.306 e. The Morgan fingerprint density at radius 1 is 1.30 bits per heavy atom. The van der Waals surface area contributed by atoms with Crippen molar-refractivity contribution < 1.29 is 0 Å². The number of rotatable bonds is 4. The Balaban J connectivity index is 2.08. The summed E-state index contributed by atoms with van der Waals surface area (Å²) in [6, 6.07) is 11.4. The van der Waals surface area contributed by atoms with Crippen LogP contribution < -0.4 is 0 Å². The van der Waals surface area contributed by atoms with Gasteiger partial charge in [-0.3, -0.25) is 4.90 Å². The second-order valence-electron chi connectivity index (χ2n) is 5.83. The molecule has 0 radical (unpaired) electrons. The van der Waals surface area contributed by atoms with Crippen LogP contribution in [0.1, 0.15) is 36.9 Å². The molecule has 0 saturated carbocycles. The van der Waals surface area contributed by atoms with Crippen LogP contribution in [0.15, 0.2) is 24.3 Å². The van der Waals surface area contributed by atoms with Gasteiger partial charge in [-0.1, -0.05) is 31.2 Å². The molecule has 0 aliphatic carbocycles. The molecule has 1 atom stereocenters. The molecule has 3 heteroatoms. The van der Waals surface area contributed by atoms with Gasteiger partial charge in [-0.2, -0.15) is 5.26 Å². The van der Waals surface area contributed by atoms with Gasteiger partial charge in [0, 0.05) is 6.04 Å². The molecular formula is C17H25N3. The Hall–Kier alpha value is -1.37. The average Bonchev–Trinajstić information content (AvgIpc) is 2.49. The number of nitriles is 1. The molecule has 1 aromatic carbocycles. The molecule has 1 aliphatic heterocycles. The molecule has 0 N–H and O–H groups in total. The summed E-state index contributed by atoms with van der Waals surface area (Å²) in [6.45, 7) is 4.41. The van der Waals surface area contributed by atoms with E-state index in [1.165, 1.54) is 5.56 Å². The predicted octanol–water partition coefficient (Wildman–Crippen LogP) is 2.84. The summed E-state index contributed by atoms with van der Waals surface area (Å²) >= 11 is 0. The number of aryl methyl sites for hydroxylation is 1. The zero-order valence-electron chi connectivity index (χ0n) is 12.8. The van der Waals surface area contributed by atoms with Gasteiger partial charge in [-0.05, 0) is 57.6 Å². The van der Waals surface area contributed by atoms with E-state index in [4.69, 9.17) is 0 Å². The normalized spacial score (nSPS) is 18.9. The van der Waals surface area contributed by atoms with Crippen LogP contribution in [0, 0.1) is 11.3 Å². The first-order valence-electron chi connectivity index (χ1n) is 7.54. The first-order chi connectivity index (χ1) is 9.65. The van der Waals surface area contributed by atoms with Crippen LogP contribution in [-0.2, 0) is 6.42 Å². The maximum absolute atomic E-state index is 9.56. The van der Waals surface area contributed by atoms with Crippen molar-refractivity contribution in [3.05, 3.63) is 35.4 Å². The third kappa shape index (κ3) is 3.39. The van der Waals surface area contributed by atoms with Gasteiger partial charge in [0.05, 0.1) is 6.07 Å². The van der Waals surface area contributed by atoms with E-state index in [1.807, 2.05) is 0 Å². The van der Waals surface area contributed by atoms with E-state index < -0.39 is 0 Å². The Labute approximate surface area is 122 Å². The molecule has 1 aromatic rings. The van der Waals surface area contributed by atoms with Gasteiger partial charge < -0.3 is 4.90 Å². The van der Waals surface area contributed by atoms with Gasteiger partial charge in [0.15, 0.2) is 0 Å². The van der Waals surface area contributed by atoms with Crippen LogP contribution in [0.3, 0.4) is 0 Å². The average molecular weight is 271 g/mol. The summed E-state index contributed by atoms with van der Waals surface area (Å²) < 4.78 is 0. The van der Waals surface area contributed by atoms with Crippen LogP contribution in [0.5, 0.6) is 0 Å². The SMILES string of the molecule is CCc1ccc(C(C#N)N(C)C2CCN(C)CC2)cc1. The molecular weight excluding hydrogens is 246 g/mol. The molecule has 1 saturated heterocycles. The van der Waals surface area contributed by atoms with Crippen molar-refractivity contribution in [2.75, 3.05) is 27.2 Å². The zero-order chi connectivity index (χ0) is 14.5. The highest BCUT2D eigenvalue weighted by Crippen LogP contribution is 2.25. The lowest BCUT2D eigenvalue weighted by molar-refractivity contribution is 0.126. The van der Waals surface area contributed by atoms with E-state index in [-0.39, 0.29) is 6.04 Å². The molecule has 1 aliphatic rings. The fraction of sp³-hybridized carbons (Fsp3) is 0.588. The Morgan fingerprint density at radius 3 is 2.40 bits per heavy atom. The maximum atomic E-state index is 9.56. The molecule has 0 amide bonds. The van der Waals surface area contributed by atoms with E-state index >= 15 is 0 Å². The van der Waals surface area contributed by atoms with E-state index in [0.29, 0.717) is 6.04 Å². The lowest BCUT2D eigenvalue weighted by Gasteiger charge is -2.37. The van der Waals surface area contributed by atoms with Gasteiger partial charge in [0.1, 0.15) is 6.04 Å². The Morgan fingerprint density at radius 2 is 1.90 bits per heavy atom. The monoisotopic (exact) mass is 271 g/mol. The fourth-order valence-electron chi connectivity index (χ4n) is 2.95. The molecule has 1 fully saturated rings. The predicted molar refractivity (Wildman–Crippen MR) is 82.5 cm³/mol. The Bertz CT molecular complexity index is 452. The van der Waals surface area contributed by atoms with Gasteiger partial charge in [-0.15, -0.1) is 0 Å². The fourth-order valence-corrected chi connectivity index (χ4v) is 2.95. The summed E-state index contributed by atoms with van der Waals surface area (Å²) in [7, 11) is 4.26. The third-order valence-corrected chi connectivity index (χ3v) is 4.50. The molecule has 1 heterocycles. The van der Waals surface area contributed by atoms with Crippen molar-refractivity contribution >= 4 is 0 Å². The van der Waals surface area contributed by atoms with Crippen molar-refractivity contribution in [3.8, 4) is 6.07 Å². The van der Waals surface area contributed by atoms with Gasteiger partial charge in [0.2, 0.25) is 0 Å². The van der Waals surface area contributed by atoms with Gasteiger partial charge in [0.25, 0.3) is 0 Å². The number of likely N-dealkylation sites (tertiary alicyclic amines) is 1. The molecule has 0 aromatic heterocycles. The molecule has 3 nitrogen and oxygen atoms in total. The standard InChI is InChI=1S/C17H25N3/c1-4-14-5-7-15(8-6-14)17(13-18)20(3)16-9-11-19(2)12-10-16/h5-8,16-17H,4,9-12H2,1-3H3. The minimum absolute atomic E-state index is 0.130. The summed E-state index contributed by atoms with van der Waals surface area (Å²) in [4.78, 5) is 4.62. The molecule has 0 bridgehead atoms. The largest absolute Gasteiger partial charge is 0.306 e. The lowest BCUT2D eigenvalue weighted by atomic mass is 9.98. The molecule has 0 spiro atoms. The molecule has 2 rings (SSSR count).